The molecule has 0 bridgehead atoms. The molecule has 0 aromatic heterocycles. The van der Waals surface area contributed by atoms with Crippen molar-refractivity contribution in [3.8, 4) is 5.75 Å². The van der Waals surface area contributed by atoms with Gasteiger partial charge in [0.25, 0.3) is 0 Å². The largest absolute Gasteiger partial charge is 0.491 e. The van der Waals surface area contributed by atoms with Gasteiger partial charge in [0.2, 0.25) is 0 Å². The molecule has 1 aromatic carbocycles. The summed E-state index contributed by atoms with van der Waals surface area (Å²) in [5.41, 5.74) is 1.17. The quantitative estimate of drug-likeness (QED) is 0.288. The molecule has 2 rings (SSSR count). The smallest absolute Gasteiger partial charge is 0.165 e. The molecule has 1 aromatic rings. The van der Waals surface area contributed by atoms with Crippen LogP contribution in [0.2, 0.25) is 0 Å². The Bertz CT molecular complexity index is 519. The van der Waals surface area contributed by atoms with E-state index < -0.39 is 0 Å². The minimum Gasteiger partial charge on any atom is -0.491 e. The molecule has 0 amide bonds. The average molecular weight is 391 g/mol. The highest BCUT2D eigenvalue weighted by Crippen LogP contribution is 2.37. The Morgan fingerprint density at radius 2 is 1.43 bits per heavy atom. The summed E-state index contributed by atoms with van der Waals surface area (Å²) >= 11 is 0. The molecule has 160 valence electrons. The Morgan fingerprint density at radius 3 is 2.00 bits per heavy atom. The Morgan fingerprint density at radius 1 is 0.821 bits per heavy atom. The summed E-state index contributed by atoms with van der Waals surface area (Å²) in [6.07, 6.45) is 19.3. The minimum absolute atomic E-state index is 0.179. The van der Waals surface area contributed by atoms with E-state index in [0.717, 1.165) is 12.3 Å². The van der Waals surface area contributed by atoms with E-state index in [1.54, 1.807) is 6.07 Å². The lowest BCUT2D eigenvalue weighted by atomic mass is 9.78. The molecule has 1 aliphatic rings. The van der Waals surface area contributed by atoms with Crippen LogP contribution in [0.15, 0.2) is 18.2 Å². The number of unbranched alkanes of at least 4 members (excludes halogenated alkanes) is 9. The molecule has 0 atom stereocenters. The van der Waals surface area contributed by atoms with Gasteiger partial charge in [0.05, 0.1) is 6.61 Å². The molecule has 1 saturated carbocycles. The van der Waals surface area contributed by atoms with Crippen molar-refractivity contribution in [2.75, 3.05) is 6.61 Å². The van der Waals surface area contributed by atoms with Crippen molar-refractivity contribution in [1.29, 1.82) is 0 Å². The maximum absolute atomic E-state index is 14.4. The molecular formula is C26H43FO. The van der Waals surface area contributed by atoms with E-state index in [-0.39, 0.29) is 5.82 Å². The van der Waals surface area contributed by atoms with Crippen molar-refractivity contribution in [3.63, 3.8) is 0 Å². The highest BCUT2D eigenvalue weighted by molar-refractivity contribution is 5.31. The molecule has 0 N–H and O–H groups in total. The van der Waals surface area contributed by atoms with Crippen LogP contribution >= 0.6 is 0 Å². The van der Waals surface area contributed by atoms with Crippen LogP contribution in [0.1, 0.15) is 122 Å². The van der Waals surface area contributed by atoms with Crippen LogP contribution in [0.4, 0.5) is 4.39 Å². The zero-order chi connectivity index (χ0) is 20.0. The van der Waals surface area contributed by atoms with Crippen molar-refractivity contribution in [2.24, 2.45) is 5.92 Å². The van der Waals surface area contributed by atoms with E-state index in [4.69, 9.17) is 4.74 Å². The topological polar surface area (TPSA) is 9.23 Å². The molecule has 28 heavy (non-hydrogen) atoms. The monoisotopic (exact) mass is 390 g/mol. The average Bonchev–Trinajstić information content (AvgIpc) is 2.73. The number of hydrogen-bond acceptors (Lipinski definition) is 1. The van der Waals surface area contributed by atoms with Crippen LogP contribution in [-0.2, 0) is 0 Å². The lowest BCUT2D eigenvalue weighted by molar-refractivity contribution is 0.288. The number of ether oxygens (including phenoxy) is 1. The van der Waals surface area contributed by atoms with E-state index in [1.807, 2.05) is 6.07 Å². The molecule has 0 saturated heterocycles. The second-order valence-electron chi connectivity index (χ2n) is 8.85. The third kappa shape index (κ3) is 8.53. The van der Waals surface area contributed by atoms with Gasteiger partial charge in [0.15, 0.2) is 11.6 Å². The number of rotatable bonds is 14. The van der Waals surface area contributed by atoms with Gasteiger partial charge in [-0.15, -0.1) is 0 Å². The van der Waals surface area contributed by atoms with Gasteiger partial charge in [-0.25, -0.2) is 4.39 Å². The van der Waals surface area contributed by atoms with Gasteiger partial charge < -0.3 is 4.74 Å². The zero-order valence-electron chi connectivity index (χ0n) is 18.5. The summed E-state index contributed by atoms with van der Waals surface area (Å²) in [5.74, 6) is 1.67. The first-order chi connectivity index (χ1) is 13.7. The zero-order valence-corrected chi connectivity index (χ0v) is 18.5. The lowest BCUT2D eigenvalue weighted by Crippen LogP contribution is -2.12. The number of hydrogen-bond donors (Lipinski definition) is 0. The minimum atomic E-state index is -0.179. The fourth-order valence-electron chi connectivity index (χ4n) is 4.56. The van der Waals surface area contributed by atoms with Gasteiger partial charge in [-0.05, 0) is 61.6 Å². The van der Waals surface area contributed by atoms with Crippen LogP contribution in [0.25, 0.3) is 0 Å². The first kappa shape index (κ1) is 23.2. The van der Waals surface area contributed by atoms with Crippen LogP contribution < -0.4 is 4.74 Å². The van der Waals surface area contributed by atoms with Gasteiger partial charge in [-0.3, -0.25) is 0 Å². The summed E-state index contributed by atoms with van der Waals surface area (Å²) in [6.45, 7) is 5.18. The van der Waals surface area contributed by atoms with Crippen LogP contribution in [-0.4, -0.2) is 6.61 Å². The van der Waals surface area contributed by atoms with Gasteiger partial charge >= 0.3 is 0 Å². The molecule has 1 aliphatic carbocycles. The van der Waals surface area contributed by atoms with E-state index in [2.05, 4.69) is 19.9 Å². The normalized spacial score (nSPS) is 19.7. The summed E-state index contributed by atoms with van der Waals surface area (Å²) < 4.78 is 20.1. The molecule has 0 unspecified atom stereocenters. The van der Waals surface area contributed by atoms with E-state index in [9.17, 15) is 4.39 Å². The van der Waals surface area contributed by atoms with Crippen LogP contribution in [0.3, 0.4) is 0 Å². The molecule has 1 nitrogen and oxygen atoms in total. The van der Waals surface area contributed by atoms with E-state index >= 15 is 0 Å². The molecule has 0 aliphatic heterocycles. The predicted molar refractivity (Wildman–Crippen MR) is 119 cm³/mol. The Hall–Kier alpha value is -1.05. The molecular weight excluding hydrogens is 347 g/mol. The van der Waals surface area contributed by atoms with Gasteiger partial charge in [-0.1, -0.05) is 84.1 Å². The van der Waals surface area contributed by atoms with Crippen molar-refractivity contribution in [1.82, 2.24) is 0 Å². The third-order valence-electron chi connectivity index (χ3n) is 6.61. The summed E-state index contributed by atoms with van der Waals surface area (Å²) in [6, 6.07) is 5.67. The first-order valence-electron chi connectivity index (χ1n) is 12.2. The van der Waals surface area contributed by atoms with E-state index in [0.29, 0.717) is 18.3 Å². The number of benzene rings is 1. The van der Waals surface area contributed by atoms with Gasteiger partial charge in [-0.2, -0.15) is 0 Å². The van der Waals surface area contributed by atoms with E-state index in [1.165, 1.54) is 95.5 Å². The highest BCUT2D eigenvalue weighted by Gasteiger charge is 2.22. The van der Waals surface area contributed by atoms with Crippen molar-refractivity contribution < 1.29 is 9.13 Å². The summed E-state index contributed by atoms with van der Waals surface area (Å²) in [7, 11) is 0. The fourth-order valence-corrected chi connectivity index (χ4v) is 4.56. The van der Waals surface area contributed by atoms with Gasteiger partial charge in [0.1, 0.15) is 0 Å². The number of halogens is 1. The summed E-state index contributed by atoms with van der Waals surface area (Å²) in [4.78, 5) is 0. The molecule has 2 heteroatoms. The molecule has 0 spiro atoms. The molecule has 0 radical (unpaired) electrons. The Kier molecular flexibility index (Phi) is 11.6. The van der Waals surface area contributed by atoms with Crippen molar-refractivity contribution in [2.45, 2.75) is 116 Å². The van der Waals surface area contributed by atoms with Crippen LogP contribution in [0, 0.1) is 11.7 Å². The fraction of sp³-hybridized carbons (Fsp3) is 0.769. The maximum Gasteiger partial charge on any atom is 0.165 e. The third-order valence-corrected chi connectivity index (χ3v) is 6.61. The maximum atomic E-state index is 14.4. The second-order valence-corrected chi connectivity index (χ2v) is 8.85. The SMILES string of the molecule is CCCCCCCCCCCCOc1ccc([C@H]2CC[C@H](CC)CC2)cc1F. The van der Waals surface area contributed by atoms with Gasteiger partial charge in [0, 0.05) is 0 Å². The second kappa shape index (κ2) is 14.0. The first-order valence-corrected chi connectivity index (χ1v) is 12.2. The predicted octanol–water partition coefficient (Wildman–Crippen LogP) is 8.81. The summed E-state index contributed by atoms with van der Waals surface area (Å²) in [5, 5.41) is 0. The van der Waals surface area contributed by atoms with Crippen molar-refractivity contribution in [3.05, 3.63) is 29.6 Å². The molecule has 1 fully saturated rings. The van der Waals surface area contributed by atoms with Crippen LogP contribution in [0.5, 0.6) is 5.75 Å². The Balaban J connectivity index is 1.57. The highest BCUT2D eigenvalue weighted by atomic mass is 19.1. The Labute approximate surface area is 173 Å². The standard InChI is InChI=1S/C26H43FO/c1-3-5-6-7-8-9-10-11-12-13-20-28-26-19-18-24(21-25(26)27)23-16-14-22(4-2)15-17-23/h18-19,21-23H,3-17,20H2,1-2H3/t22-,23-. The lowest BCUT2D eigenvalue weighted by Gasteiger charge is -2.28. The molecule has 0 heterocycles. The van der Waals surface area contributed by atoms with Crippen molar-refractivity contribution >= 4 is 0 Å².